The zero-order chi connectivity index (χ0) is 16.9. The number of rotatable bonds is 5. The molecule has 0 unspecified atom stereocenters. The zero-order valence-corrected chi connectivity index (χ0v) is 14.0. The van der Waals surface area contributed by atoms with Crippen LogP contribution in [0, 0.1) is 0 Å². The molecule has 0 spiro atoms. The number of carbonyl (C=O) groups excluding carboxylic acids is 1. The van der Waals surface area contributed by atoms with Gasteiger partial charge in [0.1, 0.15) is 12.1 Å². The van der Waals surface area contributed by atoms with Crippen molar-refractivity contribution >= 4 is 11.7 Å². The van der Waals surface area contributed by atoms with Gasteiger partial charge in [-0.1, -0.05) is 5.16 Å². The molecule has 24 heavy (non-hydrogen) atoms. The standard InChI is InChI=1S/C17H22N4O3/c1-20(2)16-11-13(5-7-18-16)3-4-14-12-21(8-10-23-14)17(22)15-6-9-24-19-15/h5-7,9,11,14H,3-4,8,10,12H2,1-2H3/t14-/m0/s1. The Morgan fingerprint density at radius 3 is 3.04 bits per heavy atom. The average molecular weight is 330 g/mol. The third-order valence-electron chi connectivity index (χ3n) is 4.11. The van der Waals surface area contributed by atoms with Gasteiger partial charge < -0.3 is 19.1 Å². The SMILES string of the molecule is CN(C)c1cc(CC[C@H]2CN(C(=O)c3ccon3)CCO2)ccn1. The Hall–Kier alpha value is -2.41. The van der Waals surface area contributed by atoms with Crippen LogP contribution in [0.25, 0.3) is 0 Å². The first-order valence-corrected chi connectivity index (χ1v) is 8.07. The van der Waals surface area contributed by atoms with Crippen LogP contribution in [-0.4, -0.2) is 60.8 Å². The molecule has 7 heteroatoms. The lowest BCUT2D eigenvalue weighted by molar-refractivity contribution is -0.0248. The van der Waals surface area contributed by atoms with E-state index in [-0.39, 0.29) is 12.0 Å². The number of aryl methyl sites for hydroxylation is 1. The normalized spacial score (nSPS) is 17.8. The van der Waals surface area contributed by atoms with Gasteiger partial charge in [0.25, 0.3) is 5.91 Å². The lowest BCUT2D eigenvalue weighted by Gasteiger charge is -2.32. The van der Waals surface area contributed by atoms with Gasteiger partial charge in [0, 0.05) is 39.4 Å². The van der Waals surface area contributed by atoms with Gasteiger partial charge in [0.05, 0.1) is 12.7 Å². The quantitative estimate of drug-likeness (QED) is 0.829. The summed E-state index contributed by atoms with van der Waals surface area (Å²) < 4.78 is 10.6. The Morgan fingerprint density at radius 1 is 1.42 bits per heavy atom. The molecule has 1 fully saturated rings. The maximum absolute atomic E-state index is 12.3. The summed E-state index contributed by atoms with van der Waals surface area (Å²) in [5.41, 5.74) is 1.57. The maximum atomic E-state index is 12.3. The highest BCUT2D eigenvalue weighted by Gasteiger charge is 2.26. The van der Waals surface area contributed by atoms with Gasteiger partial charge in [-0.25, -0.2) is 4.98 Å². The number of carbonyl (C=O) groups is 1. The van der Waals surface area contributed by atoms with Crippen LogP contribution in [0.5, 0.6) is 0 Å². The number of anilines is 1. The fourth-order valence-electron chi connectivity index (χ4n) is 2.75. The number of aromatic nitrogens is 2. The van der Waals surface area contributed by atoms with E-state index < -0.39 is 0 Å². The number of amides is 1. The summed E-state index contributed by atoms with van der Waals surface area (Å²) in [7, 11) is 3.95. The largest absolute Gasteiger partial charge is 0.375 e. The van der Waals surface area contributed by atoms with E-state index in [0.29, 0.717) is 25.4 Å². The predicted octanol–water partition coefficient (Wildman–Crippen LogP) is 1.61. The summed E-state index contributed by atoms with van der Waals surface area (Å²) in [5, 5.41) is 3.72. The molecular formula is C17H22N4O3. The topological polar surface area (TPSA) is 71.7 Å². The number of morpholine rings is 1. The molecule has 3 heterocycles. The monoisotopic (exact) mass is 330 g/mol. The van der Waals surface area contributed by atoms with Gasteiger partial charge in [-0.3, -0.25) is 4.79 Å². The number of pyridine rings is 1. The summed E-state index contributed by atoms with van der Waals surface area (Å²) in [4.78, 5) is 20.4. The van der Waals surface area contributed by atoms with E-state index in [1.807, 2.05) is 31.3 Å². The van der Waals surface area contributed by atoms with E-state index in [9.17, 15) is 4.79 Å². The zero-order valence-electron chi connectivity index (χ0n) is 14.0. The molecule has 1 aliphatic rings. The Labute approximate surface area is 141 Å². The van der Waals surface area contributed by atoms with Crippen molar-refractivity contribution in [2.75, 3.05) is 38.7 Å². The van der Waals surface area contributed by atoms with Gasteiger partial charge >= 0.3 is 0 Å². The highest BCUT2D eigenvalue weighted by molar-refractivity contribution is 5.92. The smallest absolute Gasteiger partial charge is 0.276 e. The minimum Gasteiger partial charge on any atom is -0.375 e. The summed E-state index contributed by atoms with van der Waals surface area (Å²) in [6.07, 6.45) is 5.02. The first-order chi connectivity index (χ1) is 11.6. The Morgan fingerprint density at radius 2 is 2.29 bits per heavy atom. The van der Waals surface area contributed by atoms with Crippen molar-refractivity contribution in [3.05, 3.63) is 41.9 Å². The van der Waals surface area contributed by atoms with E-state index >= 15 is 0 Å². The Kier molecular flexibility index (Phi) is 5.10. The minimum atomic E-state index is -0.101. The molecule has 0 aliphatic carbocycles. The summed E-state index contributed by atoms with van der Waals surface area (Å²) in [6.45, 7) is 1.72. The highest BCUT2D eigenvalue weighted by Crippen LogP contribution is 2.16. The van der Waals surface area contributed by atoms with Crippen LogP contribution in [0.2, 0.25) is 0 Å². The molecule has 1 amide bonds. The van der Waals surface area contributed by atoms with Crippen molar-refractivity contribution < 1.29 is 14.1 Å². The summed E-state index contributed by atoms with van der Waals surface area (Å²) in [5.74, 6) is 0.843. The van der Waals surface area contributed by atoms with Crippen LogP contribution in [0.15, 0.2) is 35.2 Å². The molecule has 2 aromatic rings. The van der Waals surface area contributed by atoms with Crippen LogP contribution in [0.4, 0.5) is 5.82 Å². The fourth-order valence-corrected chi connectivity index (χ4v) is 2.75. The summed E-state index contributed by atoms with van der Waals surface area (Å²) in [6, 6.07) is 5.70. The van der Waals surface area contributed by atoms with Crippen molar-refractivity contribution in [1.82, 2.24) is 15.0 Å². The van der Waals surface area contributed by atoms with Gasteiger partial charge in [-0.2, -0.15) is 0 Å². The second-order valence-electron chi connectivity index (χ2n) is 6.08. The molecule has 0 bridgehead atoms. The second-order valence-corrected chi connectivity index (χ2v) is 6.08. The Bertz CT molecular complexity index is 672. The van der Waals surface area contributed by atoms with E-state index in [1.165, 1.54) is 11.8 Å². The van der Waals surface area contributed by atoms with E-state index in [4.69, 9.17) is 9.26 Å². The van der Waals surface area contributed by atoms with Gasteiger partial charge in [-0.05, 0) is 30.5 Å². The molecule has 1 aliphatic heterocycles. The number of nitrogens with zero attached hydrogens (tertiary/aromatic N) is 4. The average Bonchev–Trinajstić information content (AvgIpc) is 3.14. The van der Waals surface area contributed by atoms with Crippen LogP contribution < -0.4 is 4.90 Å². The molecule has 3 rings (SSSR count). The van der Waals surface area contributed by atoms with Crippen molar-refractivity contribution in [3.8, 4) is 0 Å². The molecule has 0 saturated carbocycles. The third-order valence-corrected chi connectivity index (χ3v) is 4.11. The second kappa shape index (κ2) is 7.44. The Balaban J connectivity index is 1.56. The van der Waals surface area contributed by atoms with Crippen LogP contribution in [0.3, 0.4) is 0 Å². The van der Waals surface area contributed by atoms with Crippen molar-refractivity contribution in [3.63, 3.8) is 0 Å². The van der Waals surface area contributed by atoms with Crippen molar-refractivity contribution in [1.29, 1.82) is 0 Å². The number of ether oxygens (including phenoxy) is 1. The van der Waals surface area contributed by atoms with Crippen LogP contribution in [0.1, 0.15) is 22.5 Å². The third kappa shape index (κ3) is 3.91. The molecule has 0 aromatic carbocycles. The first kappa shape index (κ1) is 16.4. The predicted molar refractivity (Wildman–Crippen MR) is 89.0 cm³/mol. The molecular weight excluding hydrogens is 308 g/mol. The summed E-state index contributed by atoms with van der Waals surface area (Å²) >= 11 is 0. The van der Waals surface area contributed by atoms with Gasteiger partial charge in [-0.15, -0.1) is 0 Å². The van der Waals surface area contributed by atoms with Crippen LogP contribution in [-0.2, 0) is 11.2 Å². The van der Waals surface area contributed by atoms with E-state index in [2.05, 4.69) is 16.2 Å². The highest BCUT2D eigenvalue weighted by atomic mass is 16.5. The molecule has 0 N–H and O–H groups in total. The van der Waals surface area contributed by atoms with Gasteiger partial charge in [0.2, 0.25) is 0 Å². The van der Waals surface area contributed by atoms with Crippen molar-refractivity contribution in [2.24, 2.45) is 0 Å². The maximum Gasteiger partial charge on any atom is 0.276 e. The minimum absolute atomic E-state index is 0.0329. The molecule has 1 atom stereocenters. The van der Waals surface area contributed by atoms with Crippen LogP contribution >= 0.6 is 0 Å². The van der Waals surface area contributed by atoms with Gasteiger partial charge in [0.15, 0.2) is 5.69 Å². The lowest BCUT2D eigenvalue weighted by Crippen LogP contribution is -2.45. The van der Waals surface area contributed by atoms with E-state index in [1.54, 1.807) is 11.0 Å². The first-order valence-electron chi connectivity index (χ1n) is 8.07. The molecule has 0 radical (unpaired) electrons. The van der Waals surface area contributed by atoms with Crippen molar-refractivity contribution in [2.45, 2.75) is 18.9 Å². The molecule has 128 valence electrons. The lowest BCUT2D eigenvalue weighted by atomic mass is 10.1. The number of hydrogen-bond donors (Lipinski definition) is 0. The molecule has 2 aromatic heterocycles. The fraction of sp³-hybridized carbons (Fsp3) is 0.471. The molecule has 1 saturated heterocycles. The van der Waals surface area contributed by atoms with E-state index in [0.717, 1.165) is 18.7 Å². The number of hydrogen-bond acceptors (Lipinski definition) is 6. The molecule has 7 nitrogen and oxygen atoms in total.